The Morgan fingerprint density at radius 1 is 1.64 bits per heavy atom. The number of fused-ring (bicyclic) bond motifs is 1. The van der Waals surface area contributed by atoms with Crippen LogP contribution in [0.2, 0.25) is 5.02 Å². The van der Waals surface area contributed by atoms with Crippen molar-refractivity contribution in [3.8, 4) is 0 Å². The van der Waals surface area contributed by atoms with Crippen LogP contribution in [0.3, 0.4) is 0 Å². The van der Waals surface area contributed by atoms with Crippen LogP contribution in [0.25, 0.3) is 10.2 Å². The molecule has 0 aliphatic heterocycles. The van der Waals surface area contributed by atoms with Crippen LogP contribution in [-0.4, -0.2) is 17.9 Å². The summed E-state index contributed by atoms with van der Waals surface area (Å²) in [5.41, 5.74) is 1.31. The van der Waals surface area contributed by atoms with Crippen LogP contribution in [0.1, 0.15) is 10.4 Å². The first-order valence-electron chi connectivity index (χ1n) is 3.97. The molecular weight excluding hydrogens is 220 g/mol. The van der Waals surface area contributed by atoms with E-state index in [-0.39, 0.29) is 5.91 Å². The van der Waals surface area contributed by atoms with Gasteiger partial charge in [0.25, 0.3) is 5.91 Å². The highest BCUT2D eigenvalue weighted by molar-refractivity contribution is 7.17. The molecule has 2 aromatic heterocycles. The second-order valence-electron chi connectivity index (χ2n) is 2.73. The normalized spacial score (nSPS) is 10.4. The van der Waals surface area contributed by atoms with Crippen LogP contribution >= 0.6 is 22.9 Å². The summed E-state index contributed by atoms with van der Waals surface area (Å²) in [4.78, 5) is 15.5. The van der Waals surface area contributed by atoms with Gasteiger partial charge in [-0.05, 0) is 6.07 Å². The van der Waals surface area contributed by atoms with Crippen LogP contribution in [-0.2, 0) is 0 Å². The third kappa shape index (κ3) is 1.47. The SMILES string of the molecule is CNC(=O)c1csc2cc(Cl)cnc12. The maximum atomic E-state index is 11.4. The maximum Gasteiger partial charge on any atom is 0.254 e. The molecule has 3 nitrogen and oxygen atoms in total. The van der Waals surface area contributed by atoms with Gasteiger partial charge in [-0.25, -0.2) is 0 Å². The maximum absolute atomic E-state index is 11.4. The molecule has 0 bridgehead atoms. The van der Waals surface area contributed by atoms with E-state index in [0.29, 0.717) is 16.1 Å². The van der Waals surface area contributed by atoms with Crippen LogP contribution in [0.15, 0.2) is 17.6 Å². The highest BCUT2D eigenvalue weighted by Gasteiger charge is 2.11. The van der Waals surface area contributed by atoms with E-state index in [1.807, 2.05) is 0 Å². The van der Waals surface area contributed by atoms with Gasteiger partial charge >= 0.3 is 0 Å². The molecule has 0 unspecified atom stereocenters. The van der Waals surface area contributed by atoms with E-state index in [0.717, 1.165) is 4.70 Å². The minimum Gasteiger partial charge on any atom is -0.355 e. The highest BCUT2D eigenvalue weighted by Crippen LogP contribution is 2.26. The van der Waals surface area contributed by atoms with Crippen LogP contribution < -0.4 is 5.32 Å². The van der Waals surface area contributed by atoms with Crippen molar-refractivity contribution >= 4 is 39.1 Å². The molecular formula is C9H7ClN2OS. The highest BCUT2D eigenvalue weighted by atomic mass is 35.5. The van der Waals surface area contributed by atoms with E-state index in [1.54, 1.807) is 24.7 Å². The van der Waals surface area contributed by atoms with Crippen molar-refractivity contribution in [1.82, 2.24) is 10.3 Å². The smallest absolute Gasteiger partial charge is 0.254 e. The monoisotopic (exact) mass is 226 g/mol. The molecule has 2 aromatic rings. The zero-order valence-corrected chi connectivity index (χ0v) is 8.95. The van der Waals surface area contributed by atoms with Crippen molar-refractivity contribution in [2.75, 3.05) is 7.05 Å². The molecule has 0 aromatic carbocycles. The van der Waals surface area contributed by atoms with Crippen molar-refractivity contribution < 1.29 is 4.79 Å². The van der Waals surface area contributed by atoms with Gasteiger partial charge in [0.1, 0.15) is 0 Å². The fourth-order valence-corrected chi connectivity index (χ4v) is 2.34. The molecule has 14 heavy (non-hydrogen) atoms. The number of pyridine rings is 1. The second kappa shape index (κ2) is 3.55. The van der Waals surface area contributed by atoms with Crippen molar-refractivity contribution in [1.29, 1.82) is 0 Å². The first-order chi connectivity index (χ1) is 6.72. The Hall–Kier alpha value is -1.13. The molecule has 72 valence electrons. The number of halogens is 1. The van der Waals surface area contributed by atoms with Crippen molar-refractivity contribution in [3.05, 3.63) is 28.2 Å². The summed E-state index contributed by atoms with van der Waals surface area (Å²) in [5.74, 6) is -0.119. The molecule has 0 aliphatic carbocycles. The molecule has 5 heteroatoms. The lowest BCUT2D eigenvalue weighted by Crippen LogP contribution is -2.17. The van der Waals surface area contributed by atoms with Crippen LogP contribution in [0.4, 0.5) is 0 Å². The Morgan fingerprint density at radius 2 is 2.43 bits per heavy atom. The molecule has 0 fully saturated rings. The second-order valence-corrected chi connectivity index (χ2v) is 4.08. The number of hydrogen-bond donors (Lipinski definition) is 1. The van der Waals surface area contributed by atoms with E-state index in [1.165, 1.54) is 11.3 Å². The van der Waals surface area contributed by atoms with E-state index < -0.39 is 0 Å². The lowest BCUT2D eigenvalue weighted by Gasteiger charge is -1.96. The summed E-state index contributed by atoms with van der Waals surface area (Å²) in [5, 5.41) is 4.94. The Kier molecular flexibility index (Phi) is 2.39. The number of hydrogen-bond acceptors (Lipinski definition) is 3. The zero-order chi connectivity index (χ0) is 10.1. The molecule has 0 aliphatic rings. The lowest BCUT2D eigenvalue weighted by molar-refractivity contribution is 0.0965. The number of nitrogens with one attached hydrogen (secondary N) is 1. The molecule has 1 N–H and O–H groups in total. The van der Waals surface area contributed by atoms with Crippen molar-refractivity contribution in [2.24, 2.45) is 0 Å². The minimum atomic E-state index is -0.119. The molecule has 0 spiro atoms. The number of carbonyl (C=O) groups excluding carboxylic acids is 1. The Bertz CT molecular complexity index is 495. The summed E-state index contributed by atoms with van der Waals surface area (Å²) >= 11 is 7.25. The summed E-state index contributed by atoms with van der Waals surface area (Å²) < 4.78 is 0.927. The van der Waals surface area contributed by atoms with Gasteiger partial charge < -0.3 is 5.32 Å². The quantitative estimate of drug-likeness (QED) is 0.811. The number of nitrogens with zero attached hydrogens (tertiary/aromatic N) is 1. The molecule has 0 saturated heterocycles. The lowest BCUT2D eigenvalue weighted by atomic mass is 10.2. The third-order valence-electron chi connectivity index (χ3n) is 1.85. The van der Waals surface area contributed by atoms with Crippen LogP contribution in [0.5, 0.6) is 0 Å². The predicted octanol–water partition coefficient (Wildman–Crippen LogP) is 2.31. The molecule has 0 saturated carbocycles. The Balaban J connectivity index is 2.64. The van der Waals surface area contributed by atoms with E-state index in [2.05, 4.69) is 10.3 Å². The van der Waals surface area contributed by atoms with Gasteiger partial charge in [0.2, 0.25) is 0 Å². The molecule has 2 heterocycles. The Labute approximate surface area is 89.7 Å². The fourth-order valence-electron chi connectivity index (χ4n) is 1.19. The molecule has 1 amide bonds. The van der Waals surface area contributed by atoms with Crippen molar-refractivity contribution in [2.45, 2.75) is 0 Å². The van der Waals surface area contributed by atoms with Gasteiger partial charge in [-0.2, -0.15) is 0 Å². The van der Waals surface area contributed by atoms with Gasteiger partial charge in [-0.3, -0.25) is 9.78 Å². The number of thiophene rings is 1. The molecule has 2 rings (SSSR count). The largest absolute Gasteiger partial charge is 0.355 e. The van der Waals surface area contributed by atoms with Gasteiger partial charge in [0, 0.05) is 18.6 Å². The fraction of sp³-hybridized carbons (Fsp3) is 0.111. The van der Waals surface area contributed by atoms with E-state index >= 15 is 0 Å². The summed E-state index contributed by atoms with van der Waals surface area (Å²) in [7, 11) is 1.60. The van der Waals surface area contributed by atoms with Gasteiger partial charge in [0.15, 0.2) is 0 Å². The first kappa shape index (κ1) is 9.43. The third-order valence-corrected chi connectivity index (χ3v) is 2.98. The average molecular weight is 227 g/mol. The van der Waals surface area contributed by atoms with Gasteiger partial charge in [-0.1, -0.05) is 11.6 Å². The predicted molar refractivity (Wildman–Crippen MR) is 58.0 cm³/mol. The van der Waals surface area contributed by atoms with Gasteiger partial charge in [0.05, 0.1) is 20.8 Å². The number of rotatable bonds is 1. The summed E-state index contributed by atoms with van der Waals surface area (Å²) in [6.45, 7) is 0. The Morgan fingerprint density at radius 3 is 3.14 bits per heavy atom. The number of aromatic nitrogens is 1. The number of carbonyl (C=O) groups is 1. The van der Waals surface area contributed by atoms with Crippen LogP contribution in [0, 0.1) is 0 Å². The van der Waals surface area contributed by atoms with E-state index in [4.69, 9.17) is 11.6 Å². The standard InChI is InChI=1S/C9H7ClN2OS/c1-11-9(13)6-4-14-7-2-5(10)3-12-8(6)7/h2-4H,1H3,(H,11,13). The average Bonchev–Trinajstić information content (AvgIpc) is 2.59. The first-order valence-corrected chi connectivity index (χ1v) is 5.23. The minimum absolute atomic E-state index is 0.119. The van der Waals surface area contributed by atoms with Gasteiger partial charge in [-0.15, -0.1) is 11.3 Å². The molecule has 0 atom stereocenters. The molecule has 0 radical (unpaired) electrons. The summed E-state index contributed by atoms with van der Waals surface area (Å²) in [6, 6.07) is 1.81. The number of amides is 1. The topological polar surface area (TPSA) is 42.0 Å². The van der Waals surface area contributed by atoms with Crippen molar-refractivity contribution in [3.63, 3.8) is 0 Å². The summed E-state index contributed by atoms with van der Waals surface area (Å²) in [6.07, 6.45) is 1.54. The zero-order valence-electron chi connectivity index (χ0n) is 7.37. The van der Waals surface area contributed by atoms with E-state index in [9.17, 15) is 4.79 Å².